The van der Waals surface area contributed by atoms with Crippen molar-refractivity contribution in [2.24, 2.45) is 0 Å². The second-order valence-electron chi connectivity index (χ2n) is 3.87. The molecule has 2 rings (SSSR count). The standard InChI is InChI=1S/C12H6F4N2O3/c13-5-1-2-9(6(14)3-5)21-12-10(16)7(15)4-8(11(12)17)18(19)20/h1-4H,17H2. The van der Waals surface area contributed by atoms with Gasteiger partial charge in [-0.3, -0.25) is 10.1 Å². The number of anilines is 1. The van der Waals surface area contributed by atoms with Gasteiger partial charge in [0.1, 0.15) is 5.82 Å². The van der Waals surface area contributed by atoms with Gasteiger partial charge in [0.25, 0.3) is 5.69 Å². The topological polar surface area (TPSA) is 78.4 Å². The van der Waals surface area contributed by atoms with E-state index in [0.717, 1.165) is 12.1 Å². The fraction of sp³-hybridized carbons (Fsp3) is 0. The van der Waals surface area contributed by atoms with E-state index < -0.39 is 51.1 Å². The van der Waals surface area contributed by atoms with Gasteiger partial charge >= 0.3 is 0 Å². The van der Waals surface area contributed by atoms with Gasteiger partial charge in [0.05, 0.1) is 11.0 Å². The van der Waals surface area contributed by atoms with Crippen LogP contribution in [0.3, 0.4) is 0 Å². The molecule has 0 aliphatic heterocycles. The molecular formula is C12H6F4N2O3. The molecule has 2 N–H and O–H groups in total. The number of rotatable bonds is 3. The van der Waals surface area contributed by atoms with Gasteiger partial charge in [-0.05, 0) is 12.1 Å². The lowest BCUT2D eigenvalue weighted by molar-refractivity contribution is -0.384. The van der Waals surface area contributed by atoms with Gasteiger partial charge in [-0.2, -0.15) is 4.39 Å². The first kappa shape index (κ1) is 14.6. The third-order valence-corrected chi connectivity index (χ3v) is 2.50. The van der Waals surface area contributed by atoms with Crippen LogP contribution < -0.4 is 10.5 Å². The van der Waals surface area contributed by atoms with E-state index in [1.54, 1.807) is 0 Å². The highest BCUT2D eigenvalue weighted by Gasteiger charge is 2.25. The van der Waals surface area contributed by atoms with Crippen molar-refractivity contribution in [3.63, 3.8) is 0 Å². The smallest absolute Gasteiger partial charge is 0.299 e. The largest absolute Gasteiger partial charge is 0.449 e. The summed E-state index contributed by atoms with van der Waals surface area (Å²) in [4.78, 5) is 9.61. The van der Waals surface area contributed by atoms with Crippen molar-refractivity contribution in [1.29, 1.82) is 0 Å². The average molecular weight is 302 g/mol. The van der Waals surface area contributed by atoms with Crippen LogP contribution in [0.4, 0.5) is 28.9 Å². The van der Waals surface area contributed by atoms with Crippen LogP contribution in [0.25, 0.3) is 0 Å². The summed E-state index contributed by atoms with van der Waals surface area (Å²) in [5, 5.41) is 10.7. The number of nitrogen functional groups attached to an aromatic ring is 1. The monoisotopic (exact) mass is 302 g/mol. The molecule has 0 atom stereocenters. The van der Waals surface area contributed by atoms with Crippen LogP contribution in [0, 0.1) is 33.4 Å². The number of nitro benzene ring substituents is 1. The molecule has 0 spiro atoms. The summed E-state index contributed by atoms with van der Waals surface area (Å²) in [7, 11) is 0. The van der Waals surface area contributed by atoms with E-state index in [1.165, 1.54) is 0 Å². The summed E-state index contributed by atoms with van der Waals surface area (Å²) < 4.78 is 57.7. The van der Waals surface area contributed by atoms with E-state index in [9.17, 15) is 27.7 Å². The summed E-state index contributed by atoms with van der Waals surface area (Å²) >= 11 is 0. The van der Waals surface area contributed by atoms with Crippen molar-refractivity contribution < 1.29 is 27.2 Å². The van der Waals surface area contributed by atoms with E-state index in [1.807, 2.05) is 0 Å². The van der Waals surface area contributed by atoms with E-state index >= 15 is 0 Å². The van der Waals surface area contributed by atoms with Gasteiger partial charge < -0.3 is 10.5 Å². The summed E-state index contributed by atoms with van der Waals surface area (Å²) in [5.41, 5.74) is 3.56. The lowest BCUT2D eigenvalue weighted by atomic mass is 10.2. The molecule has 0 heterocycles. The Morgan fingerprint density at radius 1 is 1.10 bits per heavy atom. The molecule has 0 radical (unpaired) electrons. The minimum absolute atomic E-state index is 0.276. The van der Waals surface area contributed by atoms with E-state index in [-0.39, 0.29) is 6.07 Å². The van der Waals surface area contributed by atoms with Crippen LogP contribution in [0.15, 0.2) is 24.3 Å². The number of hydrogen-bond donors (Lipinski definition) is 1. The van der Waals surface area contributed by atoms with Crippen LogP contribution in [0.5, 0.6) is 11.5 Å². The van der Waals surface area contributed by atoms with Crippen LogP contribution >= 0.6 is 0 Å². The number of nitro groups is 1. The lowest BCUT2D eigenvalue weighted by Crippen LogP contribution is -2.03. The van der Waals surface area contributed by atoms with Gasteiger partial charge in [0, 0.05) is 6.07 Å². The number of halogens is 4. The second kappa shape index (κ2) is 5.27. The molecule has 0 bridgehead atoms. The first-order valence-corrected chi connectivity index (χ1v) is 5.36. The Morgan fingerprint density at radius 3 is 2.33 bits per heavy atom. The Hall–Kier alpha value is -2.84. The second-order valence-corrected chi connectivity index (χ2v) is 3.87. The summed E-state index contributed by atoms with van der Waals surface area (Å²) in [6.45, 7) is 0. The molecule has 0 saturated heterocycles. The molecule has 9 heteroatoms. The molecule has 0 fully saturated rings. The zero-order valence-electron chi connectivity index (χ0n) is 10.1. The van der Waals surface area contributed by atoms with Crippen molar-refractivity contribution in [1.82, 2.24) is 0 Å². The lowest BCUT2D eigenvalue weighted by Gasteiger charge is -2.11. The Labute approximate surface area is 114 Å². The van der Waals surface area contributed by atoms with E-state index in [4.69, 9.17) is 10.5 Å². The maximum Gasteiger partial charge on any atom is 0.299 e. The van der Waals surface area contributed by atoms with Gasteiger partial charge in [-0.1, -0.05) is 0 Å². The summed E-state index contributed by atoms with van der Waals surface area (Å²) in [6.07, 6.45) is 0. The molecule has 0 amide bonds. The van der Waals surface area contributed by atoms with Crippen LogP contribution in [-0.4, -0.2) is 4.92 Å². The van der Waals surface area contributed by atoms with Gasteiger partial charge in [-0.25, -0.2) is 13.2 Å². The highest BCUT2D eigenvalue weighted by atomic mass is 19.2. The van der Waals surface area contributed by atoms with Gasteiger partial charge in [0.15, 0.2) is 28.8 Å². The minimum atomic E-state index is -1.62. The molecule has 0 aliphatic rings. The van der Waals surface area contributed by atoms with Crippen molar-refractivity contribution in [3.8, 4) is 11.5 Å². The molecule has 110 valence electrons. The predicted molar refractivity (Wildman–Crippen MR) is 63.9 cm³/mol. The average Bonchev–Trinajstić information content (AvgIpc) is 2.40. The molecular weight excluding hydrogens is 296 g/mol. The summed E-state index contributed by atoms with van der Waals surface area (Å²) in [6, 6.07) is 2.33. The number of hydrogen-bond acceptors (Lipinski definition) is 4. The Kier molecular flexibility index (Phi) is 3.66. The third kappa shape index (κ3) is 2.71. The molecule has 21 heavy (non-hydrogen) atoms. The number of ether oxygens (including phenoxy) is 1. The van der Waals surface area contributed by atoms with Crippen molar-refractivity contribution in [2.75, 3.05) is 5.73 Å². The van der Waals surface area contributed by atoms with Crippen LogP contribution in [-0.2, 0) is 0 Å². The highest BCUT2D eigenvalue weighted by Crippen LogP contribution is 2.39. The van der Waals surface area contributed by atoms with Crippen LogP contribution in [0.2, 0.25) is 0 Å². The number of nitrogens with zero attached hydrogens (tertiary/aromatic N) is 1. The zero-order valence-corrected chi connectivity index (χ0v) is 10.1. The van der Waals surface area contributed by atoms with Crippen LogP contribution in [0.1, 0.15) is 0 Å². The predicted octanol–water partition coefficient (Wildman–Crippen LogP) is 3.53. The Balaban J connectivity index is 2.55. The fourth-order valence-corrected chi connectivity index (χ4v) is 1.52. The maximum absolute atomic E-state index is 13.6. The van der Waals surface area contributed by atoms with Crippen molar-refractivity contribution in [2.45, 2.75) is 0 Å². The maximum atomic E-state index is 13.6. The molecule has 0 aliphatic carbocycles. The fourth-order valence-electron chi connectivity index (χ4n) is 1.52. The SMILES string of the molecule is Nc1c([N+](=O)[O-])cc(F)c(F)c1Oc1ccc(F)cc1F. The summed E-state index contributed by atoms with van der Waals surface area (Å²) in [5.74, 6) is -7.05. The van der Waals surface area contributed by atoms with Gasteiger partial charge in [0.2, 0.25) is 5.82 Å². The first-order valence-electron chi connectivity index (χ1n) is 5.36. The number of benzene rings is 2. The van der Waals surface area contributed by atoms with E-state index in [0.29, 0.717) is 6.07 Å². The normalized spacial score (nSPS) is 10.5. The Morgan fingerprint density at radius 2 is 1.76 bits per heavy atom. The zero-order chi connectivity index (χ0) is 15.7. The molecule has 0 unspecified atom stereocenters. The molecule has 0 saturated carbocycles. The third-order valence-electron chi connectivity index (χ3n) is 2.50. The Bertz CT molecular complexity index is 737. The molecule has 2 aromatic rings. The number of nitrogens with two attached hydrogens (primary N) is 1. The molecule has 2 aromatic carbocycles. The first-order chi connectivity index (χ1) is 9.81. The quantitative estimate of drug-likeness (QED) is 0.407. The minimum Gasteiger partial charge on any atom is -0.449 e. The van der Waals surface area contributed by atoms with E-state index in [2.05, 4.69) is 0 Å². The molecule has 5 nitrogen and oxygen atoms in total. The van der Waals surface area contributed by atoms with Gasteiger partial charge in [-0.15, -0.1) is 0 Å². The molecule has 0 aromatic heterocycles. The highest BCUT2D eigenvalue weighted by molar-refractivity contribution is 5.68. The van der Waals surface area contributed by atoms with Crippen molar-refractivity contribution >= 4 is 11.4 Å². The van der Waals surface area contributed by atoms with Crippen molar-refractivity contribution in [3.05, 3.63) is 57.6 Å².